The average Bonchev–Trinajstić information content (AvgIpc) is 3.18. The first-order valence-corrected chi connectivity index (χ1v) is 10.4. The summed E-state index contributed by atoms with van der Waals surface area (Å²) in [5, 5.41) is 13.7. The normalized spacial score (nSPS) is 27.9. The fourth-order valence-corrected chi connectivity index (χ4v) is 5.33. The van der Waals surface area contributed by atoms with E-state index in [2.05, 4.69) is 78.1 Å². The lowest BCUT2D eigenvalue weighted by Crippen LogP contribution is -2.60. The van der Waals surface area contributed by atoms with Crippen molar-refractivity contribution in [3.05, 3.63) is 64.9 Å². The first-order valence-electron chi connectivity index (χ1n) is 9.46. The van der Waals surface area contributed by atoms with Crippen molar-refractivity contribution in [3.8, 4) is 11.1 Å². The topological polar surface area (TPSA) is 40.5 Å². The number of thiophene rings is 1. The summed E-state index contributed by atoms with van der Waals surface area (Å²) < 4.78 is 0. The molecule has 1 aliphatic carbocycles. The second-order valence-electron chi connectivity index (χ2n) is 7.75. The Hall–Kier alpha value is -2.17. The maximum absolute atomic E-state index is 11.4. The molecule has 4 heteroatoms. The van der Waals surface area contributed by atoms with Crippen LogP contribution in [0.1, 0.15) is 25.8 Å². The molecule has 3 atom stereocenters. The fraction of sp³-hybridized carbons (Fsp3) is 0.348. The second kappa shape index (κ2) is 7.10. The molecule has 27 heavy (non-hydrogen) atoms. The summed E-state index contributed by atoms with van der Waals surface area (Å²) in [5.74, 6) is -0.143. The Kier molecular flexibility index (Phi) is 4.79. The molecule has 1 aromatic carbocycles. The van der Waals surface area contributed by atoms with Gasteiger partial charge in [0.15, 0.2) is 0 Å². The average molecular weight is 380 g/mol. The molecule has 140 valence electrons. The molecule has 3 unspecified atom stereocenters. The summed E-state index contributed by atoms with van der Waals surface area (Å²) in [7, 11) is 0. The number of nitrogens with zero attached hydrogens (tertiary/aromatic N) is 1. The third kappa shape index (κ3) is 3.17. The highest BCUT2D eigenvalue weighted by Gasteiger charge is 2.48. The minimum atomic E-state index is -0.756. The van der Waals surface area contributed by atoms with E-state index >= 15 is 0 Å². The fourth-order valence-electron chi connectivity index (χ4n) is 4.67. The van der Waals surface area contributed by atoms with Gasteiger partial charge >= 0.3 is 5.97 Å². The Morgan fingerprint density at radius 1 is 1.22 bits per heavy atom. The molecular formula is C23H25NO2S. The molecule has 1 aromatic heterocycles. The Bertz CT molecular complexity index is 882. The molecule has 0 bridgehead atoms. The Morgan fingerprint density at radius 3 is 2.63 bits per heavy atom. The predicted molar refractivity (Wildman–Crippen MR) is 112 cm³/mol. The van der Waals surface area contributed by atoms with Crippen LogP contribution in [0.3, 0.4) is 0 Å². The predicted octanol–water partition coefficient (Wildman–Crippen LogP) is 5.17. The van der Waals surface area contributed by atoms with Gasteiger partial charge in [0, 0.05) is 18.0 Å². The maximum atomic E-state index is 11.4. The SMILES string of the molecule is CC1C=CCC2C(c3ccc(-c4ccsc4)cc3)=CCN(CC(=O)O)C12C. The number of carbonyl (C=O) groups is 1. The lowest BCUT2D eigenvalue weighted by Gasteiger charge is -2.54. The minimum Gasteiger partial charge on any atom is -0.480 e. The van der Waals surface area contributed by atoms with E-state index in [4.69, 9.17) is 0 Å². The Morgan fingerprint density at radius 2 is 1.96 bits per heavy atom. The molecule has 1 N–H and O–H groups in total. The molecular weight excluding hydrogens is 354 g/mol. The van der Waals surface area contributed by atoms with Crippen molar-refractivity contribution in [1.82, 2.24) is 4.90 Å². The van der Waals surface area contributed by atoms with Gasteiger partial charge in [0.05, 0.1) is 6.54 Å². The molecule has 0 fully saturated rings. The second-order valence-corrected chi connectivity index (χ2v) is 8.53. The molecule has 3 nitrogen and oxygen atoms in total. The summed E-state index contributed by atoms with van der Waals surface area (Å²) in [5.41, 5.74) is 4.93. The van der Waals surface area contributed by atoms with Crippen molar-refractivity contribution in [2.45, 2.75) is 25.8 Å². The zero-order valence-electron chi connectivity index (χ0n) is 15.8. The summed E-state index contributed by atoms with van der Waals surface area (Å²) >= 11 is 1.71. The van der Waals surface area contributed by atoms with Gasteiger partial charge < -0.3 is 5.11 Å². The summed E-state index contributed by atoms with van der Waals surface area (Å²) in [6.07, 6.45) is 7.69. The Labute approximate surface area is 164 Å². The van der Waals surface area contributed by atoms with Crippen LogP contribution < -0.4 is 0 Å². The van der Waals surface area contributed by atoms with Crippen LogP contribution in [0.15, 0.2) is 59.3 Å². The number of benzene rings is 1. The van der Waals surface area contributed by atoms with Gasteiger partial charge in [-0.05, 0) is 58.4 Å². The largest absolute Gasteiger partial charge is 0.480 e. The summed E-state index contributed by atoms with van der Waals surface area (Å²) in [6.45, 7) is 5.22. The zero-order valence-corrected chi connectivity index (χ0v) is 16.6. The van der Waals surface area contributed by atoms with Crippen LogP contribution in [0.2, 0.25) is 0 Å². The van der Waals surface area contributed by atoms with Gasteiger partial charge in [-0.1, -0.05) is 49.4 Å². The number of carboxylic acids is 1. The van der Waals surface area contributed by atoms with Crippen molar-refractivity contribution < 1.29 is 9.90 Å². The standard InChI is InChI=1S/C23H25NO2S/c1-16-4-3-5-21-20(10-12-24(14-22(25)26)23(16,21)2)18-8-6-17(7-9-18)19-11-13-27-15-19/h3-4,6-11,13,15-16,21H,5,12,14H2,1-2H3,(H,25,26). The number of hydrogen-bond donors (Lipinski definition) is 1. The van der Waals surface area contributed by atoms with E-state index in [1.165, 1.54) is 22.3 Å². The van der Waals surface area contributed by atoms with E-state index in [0.29, 0.717) is 18.4 Å². The molecule has 0 saturated heterocycles. The highest BCUT2D eigenvalue weighted by atomic mass is 32.1. The molecule has 4 rings (SSSR count). The summed E-state index contributed by atoms with van der Waals surface area (Å²) in [6, 6.07) is 11.0. The molecule has 2 aliphatic rings. The monoisotopic (exact) mass is 379 g/mol. The van der Waals surface area contributed by atoms with Crippen LogP contribution in [0, 0.1) is 11.8 Å². The smallest absolute Gasteiger partial charge is 0.317 e. The van der Waals surface area contributed by atoms with Gasteiger partial charge in [0.2, 0.25) is 0 Å². The van der Waals surface area contributed by atoms with Crippen LogP contribution in [0.5, 0.6) is 0 Å². The first kappa shape index (κ1) is 18.2. The molecule has 0 spiro atoms. The van der Waals surface area contributed by atoms with Gasteiger partial charge in [-0.15, -0.1) is 0 Å². The highest BCUT2D eigenvalue weighted by molar-refractivity contribution is 7.08. The quantitative estimate of drug-likeness (QED) is 0.745. The molecule has 2 aromatic rings. The number of hydrogen-bond acceptors (Lipinski definition) is 3. The van der Waals surface area contributed by atoms with E-state index in [1.807, 2.05) is 0 Å². The first-order chi connectivity index (χ1) is 13.0. The van der Waals surface area contributed by atoms with Gasteiger partial charge in [0.25, 0.3) is 0 Å². The third-order valence-corrected chi connectivity index (χ3v) is 7.09. The van der Waals surface area contributed by atoms with E-state index in [1.54, 1.807) is 11.3 Å². The number of carboxylic acid groups (broad SMARTS) is 1. The number of fused-ring (bicyclic) bond motifs is 1. The molecule has 1 aliphatic heterocycles. The van der Waals surface area contributed by atoms with Gasteiger partial charge in [-0.3, -0.25) is 9.69 Å². The number of rotatable bonds is 4. The lowest BCUT2D eigenvalue weighted by atomic mass is 9.64. The van der Waals surface area contributed by atoms with Crippen molar-refractivity contribution in [2.24, 2.45) is 11.8 Å². The van der Waals surface area contributed by atoms with Crippen LogP contribution in [0.4, 0.5) is 0 Å². The van der Waals surface area contributed by atoms with E-state index in [0.717, 1.165) is 6.42 Å². The van der Waals surface area contributed by atoms with E-state index in [-0.39, 0.29) is 12.1 Å². The van der Waals surface area contributed by atoms with Crippen LogP contribution in [0.25, 0.3) is 16.7 Å². The van der Waals surface area contributed by atoms with Crippen molar-refractivity contribution in [3.63, 3.8) is 0 Å². The van der Waals surface area contributed by atoms with Gasteiger partial charge in [0.1, 0.15) is 0 Å². The van der Waals surface area contributed by atoms with Crippen LogP contribution in [-0.4, -0.2) is 34.6 Å². The molecule has 0 radical (unpaired) electrons. The van der Waals surface area contributed by atoms with Gasteiger partial charge in [-0.25, -0.2) is 0 Å². The third-order valence-electron chi connectivity index (χ3n) is 6.41. The lowest BCUT2D eigenvalue weighted by molar-refractivity contribution is -0.141. The van der Waals surface area contributed by atoms with Crippen LogP contribution in [-0.2, 0) is 4.79 Å². The Balaban J connectivity index is 1.69. The summed E-state index contributed by atoms with van der Waals surface area (Å²) in [4.78, 5) is 13.5. The zero-order chi connectivity index (χ0) is 19.0. The molecule has 0 amide bonds. The van der Waals surface area contributed by atoms with Crippen molar-refractivity contribution in [2.75, 3.05) is 13.1 Å². The van der Waals surface area contributed by atoms with Crippen molar-refractivity contribution in [1.29, 1.82) is 0 Å². The maximum Gasteiger partial charge on any atom is 0.317 e. The molecule has 0 saturated carbocycles. The molecule has 2 heterocycles. The minimum absolute atomic E-state index is 0.0893. The highest BCUT2D eigenvalue weighted by Crippen LogP contribution is 2.48. The van der Waals surface area contributed by atoms with Crippen molar-refractivity contribution >= 4 is 22.9 Å². The van der Waals surface area contributed by atoms with Crippen LogP contribution >= 0.6 is 11.3 Å². The van der Waals surface area contributed by atoms with E-state index < -0.39 is 5.97 Å². The van der Waals surface area contributed by atoms with E-state index in [9.17, 15) is 9.90 Å². The van der Waals surface area contributed by atoms with Gasteiger partial charge in [-0.2, -0.15) is 11.3 Å². The number of allylic oxidation sites excluding steroid dienone is 1. The number of aliphatic carboxylic acids is 1.